The van der Waals surface area contributed by atoms with Crippen molar-refractivity contribution >= 4 is 11.9 Å². The summed E-state index contributed by atoms with van der Waals surface area (Å²) in [7, 11) is 0. The molecule has 0 aliphatic carbocycles. The van der Waals surface area contributed by atoms with Crippen LogP contribution in [0.2, 0.25) is 0 Å². The molecular weight excluding hydrogens is 717 g/mol. The molecule has 0 N–H and O–H groups in total. The molecular formula is C53H86O5. The largest absolute Gasteiger partial charge is 0.462 e. The molecule has 0 saturated carbocycles. The van der Waals surface area contributed by atoms with Crippen molar-refractivity contribution in [3.8, 4) is 0 Å². The summed E-state index contributed by atoms with van der Waals surface area (Å²) in [5.74, 6) is -0.568. The van der Waals surface area contributed by atoms with E-state index in [0.717, 1.165) is 96.3 Å². The van der Waals surface area contributed by atoms with Crippen LogP contribution in [0.25, 0.3) is 0 Å². The molecule has 0 saturated heterocycles. The number of hydrogen-bond acceptors (Lipinski definition) is 5. The van der Waals surface area contributed by atoms with E-state index in [1.165, 1.54) is 57.8 Å². The van der Waals surface area contributed by atoms with E-state index in [9.17, 15) is 9.59 Å². The zero-order chi connectivity index (χ0) is 42.1. The second-order valence-electron chi connectivity index (χ2n) is 14.9. The van der Waals surface area contributed by atoms with E-state index in [2.05, 4.69) is 118 Å². The minimum absolute atomic E-state index is 0.0327. The molecule has 58 heavy (non-hydrogen) atoms. The monoisotopic (exact) mass is 803 g/mol. The van der Waals surface area contributed by atoms with Crippen LogP contribution in [0, 0.1) is 0 Å². The highest BCUT2D eigenvalue weighted by Crippen LogP contribution is 2.11. The van der Waals surface area contributed by atoms with Crippen molar-refractivity contribution < 1.29 is 23.8 Å². The van der Waals surface area contributed by atoms with Gasteiger partial charge < -0.3 is 14.2 Å². The molecule has 0 radical (unpaired) electrons. The van der Waals surface area contributed by atoms with E-state index in [1.807, 2.05) is 12.2 Å². The first-order valence-corrected chi connectivity index (χ1v) is 23.4. The van der Waals surface area contributed by atoms with Gasteiger partial charge in [0.25, 0.3) is 0 Å². The highest BCUT2D eigenvalue weighted by Gasteiger charge is 2.17. The highest BCUT2D eigenvalue weighted by atomic mass is 16.6. The zero-order valence-corrected chi connectivity index (χ0v) is 37.5. The van der Waals surface area contributed by atoms with Crippen molar-refractivity contribution in [2.45, 2.75) is 194 Å². The SMILES string of the molecule is CC/C=C\C/C=C\C/C=C\C/C=C\C/C=C\CC(=O)OC(COCCCCCCCCCC)COC(=O)CCCCCCCC/C=C\C/C=C\C/C=C\C/C=C\CC. The number of esters is 2. The van der Waals surface area contributed by atoms with Gasteiger partial charge in [-0.15, -0.1) is 0 Å². The predicted molar refractivity (Wildman–Crippen MR) is 251 cm³/mol. The Kier molecular flexibility index (Phi) is 45.1. The summed E-state index contributed by atoms with van der Waals surface area (Å²) in [6.07, 6.45) is 65.4. The van der Waals surface area contributed by atoms with E-state index in [-0.39, 0.29) is 31.6 Å². The van der Waals surface area contributed by atoms with Crippen molar-refractivity contribution in [2.24, 2.45) is 0 Å². The normalized spacial score (nSPS) is 13.2. The molecule has 5 heteroatoms. The van der Waals surface area contributed by atoms with Gasteiger partial charge in [-0.1, -0.05) is 201 Å². The molecule has 0 fully saturated rings. The molecule has 0 aromatic rings. The molecule has 328 valence electrons. The van der Waals surface area contributed by atoms with Crippen LogP contribution in [0.3, 0.4) is 0 Å². The van der Waals surface area contributed by atoms with Gasteiger partial charge in [-0.3, -0.25) is 9.59 Å². The Hall–Kier alpha value is -3.44. The standard InChI is InChI=1S/C53H86O5/c1-4-7-10-13-16-19-21-23-25-26-27-28-30-31-33-35-37-40-43-46-52(54)57-50-51(49-56-48-45-42-39-18-15-12-9-6-3)58-53(55)47-44-41-38-36-34-32-29-24-22-20-17-14-11-8-5-2/h7-8,10-11,16-17,19-20,23-25,27-29,34,36,41,44,51H,4-6,9,12-15,18,21-22,26,30-33,35,37-40,42-43,45-50H2,1-3H3/b10-7-,11-8-,19-16-,20-17-,25-23-,28-27-,29-24-,36-34-,44-41-. The van der Waals surface area contributed by atoms with Crippen LogP contribution < -0.4 is 0 Å². The molecule has 0 aliphatic heterocycles. The Balaban J connectivity index is 4.34. The van der Waals surface area contributed by atoms with Gasteiger partial charge in [0, 0.05) is 13.0 Å². The maximum Gasteiger partial charge on any atom is 0.310 e. The van der Waals surface area contributed by atoms with Gasteiger partial charge in [0.15, 0.2) is 6.10 Å². The van der Waals surface area contributed by atoms with E-state index in [1.54, 1.807) is 0 Å². The molecule has 0 rings (SSSR count). The van der Waals surface area contributed by atoms with Crippen molar-refractivity contribution in [3.63, 3.8) is 0 Å². The number of hydrogen-bond donors (Lipinski definition) is 0. The third-order valence-electron chi connectivity index (χ3n) is 9.34. The lowest BCUT2D eigenvalue weighted by Crippen LogP contribution is -2.29. The Morgan fingerprint density at radius 2 is 0.828 bits per heavy atom. The summed E-state index contributed by atoms with van der Waals surface area (Å²) in [5, 5.41) is 0. The van der Waals surface area contributed by atoms with E-state index < -0.39 is 6.10 Å². The number of carbonyl (C=O) groups excluding carboxylic acids is 2. The second kappa shape index (κ2) is 47.9. The topological polar surface area (TPSA) is 61.8 Å². The number of rotatable bonds is 41. The molecule has 0 aromatic heterocycles. The average molecular weight is 803 g/mol. The minimum Gasteiger partial charge on any atom is -0.462 e. The molecule has 0 heterocycles. The summed E-state index contributed by atoms with van der Waals surface area (Å²) in [4.78, 5) is 25.2. The van der Waals surface area contributed by atoms with Crippen LogP contribution in [0.1, 0.15) is 188 Å². The number of carbonyl (C=O) groups is 2. The summed E-state index contributed by atoms with van der Waals surface area (Å²) < 4.78 is 17.2. The van der Waals surface area contributed by atoms with Crippen LogP contribution in [-0.2, 0) is 23.8 Å². The van der Waals surface area contributed by atoms with Crippen LogP contribution >= 0.6 is 0 Å². The molecule has 0 aliphatic rings. The summed E-state index contributed by atoms with van der Waals surface area (Å²) >= 11 is 0. The average Bonchev–Trinajstić information content (AvgIpc) is 3.22. The van der Waals surface area contributed by atoms with Crippen molar-refractivity contribution in [1.29, 1.82) is 0 Å². The predicted octanol–water partition coefficient (Wildman–Crippen LogP) is 15.7. The summed E-state index contributed by atoms with van der Waals surface area (Å²) in [6.45, 7) is 7.44. The lowest BCUT2D eigenvalue weighted by atomic mass is 10.1. The highest BCUT2D eigenvalue weighted by molar-refractivity contribution is 5.71. The van der Waals surface area contributed by atoms with Gasteiger partial charge in [-0.25, -0.2) is 0 Å². The van der Waals surface area contributed by atoms with Gasteiger partial charge in [0.05, 0.1) is 13.0 Å². The molecule has 1 atom stereocenters. The quantitative estimate of drug-likeness (QED) is 0.0350. The minimum atomic E-state index is -0.599. The third kappa shape index (κ3) is 45.3. The van der Waals surface area contributed by atoms with Crippen LogP contribution in [0.5, 0.6) is 0 Å². The molecule has 5 nitrogen and oxygen atoms in total. The molecule has 1 unspecified atom stereocenters. The summed E-state index contributed by atoms with van der Waals surface area (Å²) in [5.41, 5.74) is 0. The third-order valence-corrected chi connectivity index (χ3v) is 9.34. The van der Waals surface area contributed by atoms with Gasteiger partial charge in [0.1, 0.15) is 6.61 Å². The van der Waals surface area contributed by atoms with Gasteiger partial charge in [-0.05, 0) is 83.5 Å². The maximum atomic E-state index is 12.7. The van der Waals surface area contributed by atoms with Crippen LogP contribution in [0.15, 0.2) is 109 Å². The number of ether oxygens (including phenoxy) is 3. The number of unbranched alkanes of at least 4 members (excludes halogenated alkanes) is 13. The number of allylic oxidation sites excluding steroid dienone is 17. The van der Waals surface area contributed by atoms with E-state index in [4.69, 9.17) is 14.2 Å². The first-order chi connectivity index (χ1) is 28.6. The van der Waals surface area contributed by atoms with Crippen molar-refractivity contribution in [1.82, 2.24) is 0 Å². The Morgan fingerprint density at radius 3 is 1.33 bits per heavy atom. The Morgan fingerprint density at radius 1 is 0.414 bits per heavy atom. The maximum absolute atomic E-state index is 12.7. The molecule has 0 spiro atoms. The Bertz CT molecular complexity index is 1180. The van der Waals surface area contributed by atoms with E-state index >= 15 is 0 Å². The smallest absolute Gasteiger partial charge is 0.310 e. The summed E-state index contributed by atoms with van der Waals surface area (Å²) in [6, 6.07) is 0. The first-order valence-electron chi connectivity index (χ1n) is 23.4. The lowest BCUT2D eigenvalue weighted by Gasteiger charge is -2.18. The first kappa shape index (κ1) is 54.6. The lowest BCUT2D eigenvalue weighted by molar-refractivity contribution is -0.162. The fraction of sp³-hybridized carbons (Fsp3) is 0.623. The van der Waals surface area contributed by atoms with Crippen molar-refractivity contribution in [3.05, 3.63) is 109 Å². The fourth-order valence-electron chi connectivity index (χ4n) is 5.93. The van der Waals surface area contributed by atoms with Gasteiger partial charge >= 0.3 is 11.9 Å². The van der Waals surface area contributed by atoms with Crippen LogP contribution in [0.4, 0.5) is 0 Å². The van der Waals surface area contributed by atoms with Gasteiger partial charge in [0.2, 0.25) is 0 Å². The van der Waals surface area contributed by atoms with Crippen molar-refractivity contribution in [2.75, 3.05) is 19.8 Å². The molecule has 0 bridgehead atoms. The zero-order valence-electron chi connectivity index (χ0n) is 37.5. The van der Waals surface area contributed by atoms with E-state index in [0.29, 0.717) is 13.0 Å². The fourth-order valence-corrected chi connectivity index (χ4v) is 5.93. The Labute approximate surface area is 357 Å². The van der Waals surface area contributed by atoms with Gasteiger partial charge in [-0.2, -0.15) is 0 Å². The molecule has 0 amide bonds. The molecule has 0 aromatic carbocycles. The van der Waals surface area contributed by atoms with Crippen LogP contribution in [-0.4, -0.2) is 37.9 Å². The second-order valence-corrected chi connectivity index (χ2v) is 14.9.